The molecule has 0 atom stereocenters. The number of likely N-dealkylation sites (N-methyl/N-ethyl adjacent to an activating group) is 1. The van der Waals surface area contributed by atoms with Crippen molar-refractivity contribution in [3.63, 3.8) is 0 Å². The lowest BCUT2D eigenvalue weighted by Crippen LogP contribution is -2.35. The lowest BCUT2D eigenvalue weighted by Gasteiger charge is -2.18. The molecule has 0 radical (unpaired) electrons. The number of nitrogens with one attached hydrogen (secondary N) is 1. The van der Waals surface area contributed by atoms with E-state index in [1.807, 2.05) is 0 Å². The average Bonchev–Trinajstić information content (AvgIpc) is 2.28. The Hall–Kier alpha value is -2.45. The van der Waals surface area contributed by atoms with Crippen LogP contribution in [-0.2, 0) is 4.79 Å². The Morgan fingerprint density at radius 2 is 1.95 bits per heavy atom. The van der Waals surface area contributed by atoms with Crippen LogP contribution in [0.1, 0.15) is 0 Å². The molecule has 0 fully saturated rings. The zero-order chi connectivity index (χ0) is 15.3. The number of para-hydroxylation sites is 2. The number of amides is 2. The molecule has 110 valence electrons. The summed E-state index contributed by atoms with van der Waals surface area (Å²) in [4.78, 5) is 22.8. The van der Waals surface area contributed by atoms with Gasteiger partial charge < -0.3 is 20.1 Å². The van der Waals surface area contributed by atoms with E-state index >= 15 is 0 Å². The van der Waals surface area contributed by atoms with E-state index in [1.165, 1.54) is 25.2 Å². The van der Waals surface area contributed by atoms with Gasteiger partial charge in [-0.15, -0.1) is 13.2 Å². The number of hydrogen-bond donors (Lipinski definition) is 2. The number of carbonyl (C=O) groups is 2. The van der Waals surface area contributed by atoms with Gasteiger partial charge in [0, 0.05) is 7.05 Å². The second-order valence-corrected chi connectivity index (χ2v) is 3.72. The fourth-order valence-corrected chi connectivity index (χ4v) is 1.27. The molecule has 0 aromatic heterocycles. The van der Waals surface area contributed by atoms with E-state index in [-0.39, 0.29) is 5.69 Å². The van der Waals surface area contributed by atoms with Crippen molar-refractivity contribution in [1.29, 1.82) is 0 Å². The molecule has 1 aromatic rings. The van der Waals surface area contributed by atoms with E-state index in [0.29, 0.717) is 0 Å². The summed E-state index contributed by atoms with van der Waals surface area (Å²) in [6, 6.07) is 4.06. The van der Waals surface area contributed by atoms with Gasteiger partial charge in [-0.2, -0.15) is 0 Å². The van der Waals surface area contributed by atoms with Crippen molar-refractivity contribution in [2.45, 2.75) is 6.36 Å². The number of rotatable bonds is 4. The van der Waals surface area contributed by atoms with Gasteiger partial charge in [0.2, 0.25) is 0 Å². The van der Waals surface area contributed by atoms with Crippen LogP contribution >= 0.6 is 0 Å². The number of halogens is 3. The molecule has 0 aliphatic rings. The molecule has 0 aliphatic heterocycles. The molecule has 20 heavy (non-hydrogen) atoms. The van der Waals surface area contributed by atoms with Gasteiger partial charge >= 0.3 is 18.4 Å². The number of carbonyl (C=O) groups excluding carboxylic acids is 1. The molecule has 2 amide bonds. The lowest BCUT2D eigenvalue weighted by atomic mass is 10.3. The predicted molar refractivity (Wildman–Crippen MR) is 62.4 cm³/mol. The molecule has 0 saturated carbocycles. The minimum Gasteiger partial charge on any atom is -0.480 e. The Morgan fingerprint density at radius 1 is 1.35 bits per heavy atom. The van der Waals surface area contributed by atoms with Crippen LogP contribution < -0.4 is 10.1 Å². The largest absolute Gasteiger partial charge is 0.573 e. The Bertz CT molecular complexity index is 505. The predicted octanol–water partition coefficient (Wildman–Crippen LogP) is 2.13. The zero-order valence-corrected chi connectivity index (χ0v) is 10.3. The van der Waals surface area contributed by atoms with Crippen molar-refractivity contribution in [3.05, 3.63) is 24.3 Å². The zero-order valence-electron chi connectivity index (χ0n) is 10.3. The number of alkyl halides is 3. The van der Waals surface area contributed by atoms with Crippen LogP contribution in [0.3, 0.4) is 0 Å². The first-order valence-corrected chi connectivity index (χ1v) is 5.28. The minimum absolute atomic E-state index is 0.216. The number of aliphatic carboxylic acids is 1. The van der Waals surface area contributed by atoms with Gasteiger partial charge in [0.25, 0.3) is 0 Å². The fraction of sp³-hybridized carbons (Fsp3) is 0.273. The smallest absolute Gasteiger partial charge is 0.480 e. The Labute approximate surface area is 111 Å². The summed E-state index contributed by atoms with van der Waals surface area (Å²) in [5.74, 6) is -1.83. The van der Waals surface area contributed by atoms with Gasteiger partial charge in [-0.05, 0) is 12.1 Å². The molecule has 0 unspecified atom stereocenters. The molecule has 0 heterocycles. The quantitative estimate of drug-likeness (QED) is 0.891. The minimum atomic E-state index is -4.90. The number of carboxylic acids is 1. The van der Waals surface area contributed by atoms with Crippen molar-refractivity contribution in [1.82, 2.24) is 4.90 Å². The van der Waals surface area contributed by atoms with Crippen LogP contribution in [0.2, 0.25) is 0 Å². The van der Waals surface area contributed by atoms with Crippen molar-refractivity contribution >= 4 is 17.7 Å². The maximum atomic E-state index is 12.2. The van der Waals surface area contributed by atoms with Crippen molar-refractivity contribution in [3.8, 4) is 5.75 Å². The number of benzene rings is 1. The van der Waals surface area contributed by atoms with Gasteiger partial charge in [-0.25, -0.2) is 4.79 Å². The van der Waals surface area contributed by atoms with Gasteiger partial charge in [-0.3, -0.25) is 4.79 Å². The number of anilines is 1. The Morgan fingerprint density at radius 3 is 2.50 bits per heavy atom. The maximum Gasteiger partial charge on any atom is 0.573 e. The van der Waals surface area contributed by atoms with Crippen LogP contribution in [-0.4, -0.2) is 42.0 Å². The summed E-state index contributed by atoms with van der Waals surface area (Å²) in [6.45, 7) is -0.589. The van der Waals surface area contributed by atoms with Crippen molar-refractivity contribution in [2.75, 3.05) is 18.9 Å². The second-order valence-electron chi connectivity index (χ2n) is 3.72. The monoisotopic (exact) mass is 292 g/mol. The van der Waals surface area contributed by atoms with Gasteiger partial charge in [-0.1, -0.05) is 12.1 Å². The van der Waals surface area contributed by atoms with Gasteiger partial charge in [0.1, 0.15) is 6.54 Å². The van der Waals surface area contributed by atoms with E-state index in [9.17, 15) is 22.8 Å². The first-order valence-electron chi connectivity index (χ1n) is 5.28. The number of carboxylic acid groups (broad SMARTS) is 1. The van der Waals surface area contributed by atoms with E-state index in [0.717, 1.165) is 11.0 Å². The highest BCUT2D eigenvalue weighted by Crippen LogP contribution is 2.29. The summed E-state index contributed by atoms with van der Waals surface area (Å²) < 4.78 is 40.2. The first-order chi connectivity index (χ1) is 9.19. The molecule has 6 nitrogen and oxygen atoms in total. The fourth-order valence-electron chi connectivity index (χ4n) is 1.27. The molecule has 1 rings (SSSR count). The number of nitrogens with zero attached hydrogens (tertiary/aromatic N) is 1. The molecule has 2 N–H and O–H groups in total. The molecular formula is C11H11F3N2O4. The number of urea groups is 1. The van der Waals surface area contributed by atoms with E-state index in [4.69, 9.17) is 5.11 Å². The highest BCUT2D eigenvalue weighted by atomic mass is 19.4. The number of hydrogen-bond acceptors (Lipinski definition) is 3. The summed E-state index contributed by atoms with van der Waals surface area (Å²) in [7, 11) is 1.19. The Kier molecular flexibility index (Phi) is 4.78. The molecule has 9 heteroatoms. The number of ether oxygens (including phenoxy) is 1. The van der Waals surface area contributed by atoms with Crippen LogP contribution in [0.5, 0.6) is 5.75 Å². The molecule has 0 spiro atoms. The normalized spacial score (nSPS) is 10.8. The third kappa shape index (κ3) is 5.04. The van der Waals surface area contributed by atoms with Crippen LogP contribution in [0, 0.1) is 0 Å². The first kappa shape index (κ1) is 15.6. The van der Waals surface area contributed by atoms with E-state index < -0.39 is 30.7 Å². The van der Waals surface area contributed by atoms with Gasteiger partial charge in [0.05, 0.1) is 5.69 Å². The van der Waals surface area contributed by atoms with E-state index in [2.05, 4.69) is 10.1 Å². The summed E-state index contributed by atoms with van der Waals surface area (Å²) in [5.41, 5.74) is -0.216. The SMILES string of the molecule is CN(CC(=O)O)C(=O)Nc1ccccc1OC(F)(F)F. The lowest BCUT2D eigenvalue weighted by molar-refractivity contribution is -0.274. The van der Waals surface area contributed by atoms with E-state index in [1.54, 1.807) is 0 Å². The third-order valence-corrected chi connectivity index (χ3v) is 2.07. The van der Waals surface area contributed by atoms with Crippen molar-refractivity contribution < 1.29 is 32.6 Å². The maximum absolute atomic E-state index is 12.2. The molecule has 1 aromatic carbocycles. The van der Waals surface area contributed by atoms with Crippen molar-refractivity contribution in [2.24, 2.45) is 0 Å². The highest BCUT2D eigenvalue weighted by molar-refractivity contribution is 5.92. The molecule has 0 aliphatic carbocycles. The summed E-state index contributed by atoms with van der Waals surface area (Å²) in [6.07, 6.45) is -4.90. The molecule has 0 saturated heterocycles. The van der Waals surface area contributed by atoms with Crippen LogP contribution in [0.4, 0.5) is 23.7 Å². The topological polar surface area (TPSA) is 78.9 Å². The van der Waals surface area contributed by atoms with Crippen LogP contribution in [0.15, 0.2) is 24.3 Å². The van der Waals surface area contributed by atoms with Gasteiger partial charge in [0.15, 0.2) is 5.75 Å². The Balaban J connectivity index is 2.82. The standard InChI is InChI=1S/C11H11F3N2O4/c1-16(6-9(17)18)10(19)15-7-4-2-3-5-8(7)20-11(12,13)14/h2-5H,6H2,1H3,(H,15,19)(H,17,18). The molecule has 0 bridgehead atoms. The second kappa shape index (κ2) is 6.13. The highest BCUT2D eigenvalue weighted by Gasteiger charge is 2.32. The summed E-state index contributed by atoms with van der Waals surface area (Å²) in [5, 5.41) is 10.6. The average molecular weight is 292 g/mol. The van der Waals surface area contributed by atoms with Crippen LogP contribution in [0.25, 0.3) is 0 Å². The third-order valence-electron chi connectivity index (χ3n) is 2.07. The summed E-state index contributed by atoms with van der Waals surface area (Å²) >= 11 is 0. The molecular weight excluding hydrogens is 281 g/mol.